The molecule has 20 heavy (non-hydrogen) atoms. The van der Waals surface area contributed by atoms with E-state index < -0.39 is 10.0 Å². The topological polar surface area (TPSA) is 71.1 Å². The minimum absolute atomic E-state index is 0.163. The summed E-state index contributed by atoms with van der Waals surface area (Å²) in [5.41, 5.74) is 2.81. The summed E-state index contributed by atoms with van der Waals surface area (Å²) in [6.45, 7) is 0.966. The normalized spacial score (nSPS) is 14.2. The molecule has 0 bridgehead atoms. The molecule has 0 saturated carbocycles. The zero-order valence-electron chi connectivity index (χ0n) is 10.8. The Morgan fingerprint density at radius 3 is 2.95 bits per heavy atom. The average molecular weight is 289 g/mol. The maximum Gasteiger partial charge on any atom is 0.263 e. The van der Waals surface area contributed by atoms with E-state index in [1.165, 1.54) is 12.3 Å². The summed E-state index contributed by atoms with van der Waals surface area (Å²) in [6, 6.07) is 8.69. The van der Waals surface area contributed by atoms with Gasteiger partial charge in [0.1, 0.15) is 4.90 Å². The molecule has 6 heteroatoms. The second-order valence-electron chi connectivity index (χ2n) is 4.70. The minimum atomic E-state index is -3.57. The predicted octanol–water partition coefficient (Wildman–Crippen LogP) is 2.24. The van der Waals surface area contributed by atoms with Gasteiger partial charge in [-0.1, -0.05) is 0 Å². The first-order chi connectivity index (χ1) is 9.65. The lowest BCUT2D eigenvalue weighted by molar-refractivity contribution is 0.601. The number of rotatable bonds is 3. The van der Waals surface area contributed by atoms with E-state index in [1.54, 1.807) is 18.3 Å². The van der Waals surface area contributed by atoms with Crippen LogP contribution in [-0.4, -0.2) is 19.9 Å². The molecule has 0 saturated heterocycles. The first-order valence-electron chi connectivity index (χ1n) is 6.45. The third-order valence-electron chi connectivity index (χ3n) is 3.24. The van der Waals surface area contributed by atoms with Gasteiger partial charge in [0.05, 0.1) is 0 Å². The van der Waals surface area contributed by atoms with Crippen LogP contribution in [0.5, 0.6) is 0 Å². The highest BCUT2D eigenvalue weighted by Gasteiger charge is 2.15. The van der Waals surface area contributed by atoms with E-state index in [1.807, 2.05) is 12.1 Å². The quantitative estimate of drug-likeness (QED) is 0.909. The molecule has 3 rings (SSSR count). The van der Waals surface area contributed by atoms with Gasteiger partial charge < -0.3 is 5.32 Å². The van der Waals surface area contributed by atoms with E-state index in [-0.39, 0.29) is 4.90 Å². The number of fused-ring (bicyclic) bond motifs is 1. The summed E-state index contributed by atoms with van der Waals surface area (Å²) >= 11 is 0. The number of aryl methyl sites for hydroxylation is 1. The van der Waals surface area contributed by atoms with Crippen LogP contribution in [0.4, 0.5) is 11.4 Å². The van der Waals surface area contributed by atoms with Crippen LogP contribution in [0.3, 0.4) is 0 Å². The third kappa shape index (κ3) is 2.60. The van der Waals surface area contributed by atoms with Gasteiger partial charge in [-0.15, -0.1) is 0 Å². The Morgan fingerprint density at radius 1 is 1.25 bits per heavy atom. The molecule has 0 unspecified atom stereocenters. The van der Waals surface area contributed by atoms with Crippen molar-refractivity contribution in [3.63, 3.8) is 0 Å². The van der Waals surface area contributed by atoms with Crippen molar-refractivity contribution in [3.8, 4) is 0 Å². The highest BCUT2D eigenvalue weighted by molar-refractivity contribution is 7.92. The van der Waals surface area contributed by atoms with Gasteiger partial charge in [0.25, 0.3) is 10.0 Å². The average Bonchev–Trinajstić information content (AvgIpc) is 2.48. The maximum atomic E-state index is 12.2. The number of sulfonamides is 1. The van der Waals surface area contributed by atoms with Gasteiger partial charge >= 0.3 is 0 Å². The summed E-state index contributed by atoms with van der Waals surface area (Å²) in [5.74, 6) is 0. The van der Waals surface area contributed by atoms with Crippen LogP contribution in [-0.2, 0) is 16.4 Å². The van der Waals surface area contributed by atoms with Crippen molar-refractivity contribution < 1.29 is 8.42 Å². The van der Waals surface area contributed by atoms with Gasteiger partial charge in [0.2, 0.25) is 0 Å². The van der Waals surface area contributed by atoms with Gasteiger partial charge in [0, 0.05) is 30.3 Å². The second-order valence-corrected chi connectivity index (χ2v) is 6.38. The lowest BCUT2D eigenvalue weighted by Gasteiger charge is -2.19. The number of anilines is 2. The molecule has 0 aliphatic carbocycles. The number of aromatic nitrogens is 1. The Bertz CT molecular complexity index is 714. The first kappa shape index (κ1) is 12.9. The summed E-state index contributed by atoms with van der Waals surface area (Å²) in [5, 5.41) is 3.30. The summed E-state index contributed by atoms with van der Waals surface area (Å²) in [4.78, 5) is 4.00. The lowest BCUT2D eigenvalue weighted by atomic mass is 10.0. The fourth-order valence-corrected chi connectivity index (χ4v) is 3.27. The molecule has 104 valence electrons. The first-order valence-corrected chi connectivity index (χ1v) is 7.93. The van der Waals surface area contributed by atoms with Crippen molar-refractivity contribution in [2.75, 3.05) is 16.6 Å². The van der Waals surface area contributed by atoms with Crippen LogP contribution in [0.15, 0.2) is 47.6 Å². The van der Waals surface area contributed by atoms with Gasteiger partial charge in [0.15, 0.2) is 0 Å². The molecule has 5 nitrogen and oxygen atoms in total. The monoisotopic (exact) mass is 289 g/mol. The number of hydrogen-bond acceptors (Lipinski definition) is 4. The van der Waals surface area contributed by atoms with Crippen molar-refractivity contribution >= 4 is 21.4 Å². The Hall–Kier alpha value is -2.08. The van der Waals surface area contributed by atoms with Crippen LogP contribution < -0.4 is 10.0 Å². The van der Waals surface area contributed by atoms with E-state index in [2.05, 4.69) is 15.0 Å². The Morgan fingerprint density at radius 2 is 2.15 bits per heavy atom. The highest BCUT2D eigenvalue weighted by Crippen LogP contribution is 2.26. The zero-order valence-corrected chi connectivity index (χ0v) is 11.7. The summed E-state index contributed by atoms with van der Waals surface area (Å²) in [6.07, 6.45) is 4.91. The number of nitrogens with zero attached hydrogens (tertiary/aromatic N) is 1. The molecular formula is C14H15N3O2S. The molecule has 1 aliphatic rings. The maximum absolute atomic E-state index is 12.2. The molecular weight excluding hydrogens is 274 g/mol. The van der Waals surface area contributed by atoms with Gasteiger partial charge in [-0.25, -0.2) is 8.42 Å². The SMILES string of the molecule is O=S(=O)(Nc1ccc2c(c1)CCCN2)c1cccnc1. The van der Waals surface area contributed by atoms with E-state index in [0.29, 0.717) is 5.69 Å². The van der Waals surface area contributed by atoms with Crippen molar-refractivity contribution in [2.24, 2.45) is 0 Å². The van der Waals surface area contributed by atoms with Crippen molar-refractivity contribution in [1.82, 2.24) is 4.98 Å². The summed E-state index contributed by atoms with van der Waals surface area (Å²) < 4.78 is 27.0. The molecule has 1 aromatic carbocycles. The predicted molar refractivity (Wildman–Crippen MR) is 78.3 cm³/mol. The smallest absolute Gasteiger partial charge is 0.263 e. The molecule has 2 aromatic rings. The molecule has 1 aromatic heterocycles. The van der Waals surface area contributed by atoms with Crippen LogP contribution in [0, 0.1) is 0 Å². The van der Waals surface area contributed by atoms with Gasteiger partial charge in [-0.05, 0) is 48.7 Å². The molecule has 2 N–H and O–H groups in total. The molecule has 0 radical (unpaired) electrons. The van der Waals surface area contributed by atoms with E-state index in [0.717, 1.165) is 30.6 Å². The second kappa shape index (κ2) is 5.13. The fraction of sp³-hybridized carbons (Fsp3) is 0.214. The van der Waals surface area contributed by atoms with Crippen LogP contribution in [0.25, 0.3) is 0 Å². The standard InChI is InChI=1S/C14H15N3O2S/c18-20(19,13-4-2-7-15-10-13)17-12-5-6-14-11(9-12)3-1-8-16-14/h2,4-7,9-10,16-17H,1,3,8H2. The number of nitrogens with one attached hydrogen (secondary N) is 2. The van der Waals surface area contributed by atoms with E-state index >= 15 is 0 Å². The van der Waals surface area contributed by atoms with Crippen LogP contribution >= 0.6 is 0 Å². The van der Waals surface area contributed by atoms with Crippen molar-refractivity contribution in [2.45, 2.75) is 17.7 Å². The lowest BCUT2D eigenvalue weighted by Crippen LogP contribution is -2.15. The van der Waals surface area contributed by atoms with E-state index in [4.69, 9.17) is 0 Å². The Kier molecular flexibility index (Phi) is 3.31. The summed E-state index contributed by atoms with van der Waals surface area (Å²) in [7, 11) is -3.57. The molecule has 0 amide bonds. The molecule has 2 heterocycles. The Balaban J connectivity index is 1.88. The highest BCUT2D eigenvalue weighted by atomic mass is 32.2. The van der Waals surface area contributed by atoms with Crippen LogP contribution in [0.1, 0.15) is 12.0 Å². The number of pyridine rings is 1. The number of benzene rings is 1. The van der Waals surface area contributed by atoms with Crippen molar-refractivity contribution in [1.29, 1.82) is 0 Å². The minimum Gasteiger partial charge on any atom is -0.385 e. The molecule has 0 atom stereocenters. The molecule has 1 aliphatic heterocycles. The molecule has 0 fully saturated rings. The van der Waals surface area contributed by atoms with Crippen LogP contribution in [0.2, 0.25) is 0 Å². The molecule has 0 spiro atoms. The largest absolute Gasteiger partial charge is 0.385 e. The van der Waals surface area contributed by atoms with Crippen molar-refractivity contribution in [3.05, 3.63) is 48.3 Å². The zero-order chi connectivity index (χ0) is 14.0. The van der Waals surface area contributed by atoms with E-state index in [9.17, 15) is 8.42 Å². The fourth-order valence-electron chi connectivity index (χ4n) is 2.26. The van der Waals surface area contributed by atoms with Gasteiger partial charge in [-0.3, -0.25) is 9.71 Å². The third-order valence-corrected chi connectivity index (χ3v) is 4.61. The Labute approximate surface area is 118 Å². The van der Waals surface area contributed by atoms with Gasteiger partial charge in [-0.2, -0.15) is 0 Å². The number of hydrogen-bond donors (Lipinski definition) is 2.